The van der Waals surface area contributed by atoms with Gasteiger partial charge in [0.25, 0.3) is 0 Å². The van der Waals surface area contributed by atoms with Crippen LogP contribution in [-0.2, 0) is 19.5 Å². The topological polar surface area (TPSA) is 115 Å². The van der Waals surface area contributed by atoms with Crippen molar-refractivity contribution in [1.29, 1.82) is 0 Å². The van der Waals surface area contributed by atoms with E-state index in [1.807, 2.05) is 126 Å². The predicted octanol–water partition coefficient (Wildman–Crippen LogP) is 3.96. The molecule has 44 heavy (non-hydrogen) atoms. The minimum Gasteiger partial charge on any atom is -0.848 e. The second-order valence-electron chi connectivity index (χ2n) is 9.73. The van der Waals surface area contributed by atoms with Crippen LogP contribution < -0.4 is 5.11 Å². The molecule has 0 fully saturated rings. The van der Waals surface area contributed by atoms with Crippen molar-refractivity contribution in [1.82, 2.24) is 44.0 Å². The molecular weight excluding hydrogens is 624 g/mol. The van der Waals surface area contributed by atoms with Crippen molar-refractivity contribution in [2.24, 2.45) is 0 Å². The minimum atomic E-state index is -4.51. The fourth-order valence-corrected chi connectivity index (χ4v) is 4.57. The van der Waals surface area contributed by atoms with Gasteiger partial charge in [0.1, 0.15) is 0 Å². The summed E-state index contributed by atoms with van der Waals surface area (Å²) in [5.41, 5.74) is 2.84. The molecule has 0 spiro atoms. The zero-order chi connectivity index (χ0) is 30.6. The molecule has 6 rings (SSSR count). The Hall–Kier alpha value is -4.48. The Labute approximate surface area is 264 Å². The maximum Gasteiger partial charge on any atom is 2.00 e. The Morgan fingerprint density at radius 1 is 0.568 bits per heavy atom. The smallest absolute Gasteiger partial charge is 0.848 e. The van der Waals surface area contributed by atoms with Crippen LogP contribution in [0.25, 0.3) is 34.2 Å². The molecule has 0 N–H and O–H groups in total. The molecule has 0 aliphatic carbocycles. The SMILES string of the molecule is Cc1nc(-c2ccccc2)nn1[BH-](n1nc(-c2ccccc2)nc1C)n1nc(-c2ccccc2)nc1C.[O-]CC(F)(F)F.[Zn+2]. The van der Waals surface area contributed by atoms with Crippen LogP contribution in [0.1, 0.15) is 17.5 Å². The van der Waals surface area contributed by atoms with Gasteiger partial charge in [-0.2, -0.15) is 28.5 Å². The number of aryl methyl sites for hydroxylation is 3. The minimum absolute atomic E-state index is 0. The van der Waals surface area contributed by atoms with Gasteiger partial charge < -0.3 is 18.9 Å². The zero-order valence-corrected chi connectivity index (χ0v) is 27.3. The molecule has 3 aromatic heterocycles. The quantitative estimate of drug-likeness (QED) is 0.251. The Morgan fingerprint density at radius 2 is 0.818 bits per heavy atom. The number of hydrogen-bond acceptors (Lipinski definition) is 7. The van der Waals surface area contributed by atoms with E-state index in [4.69, 9.17) is 35.4 Å². The van der Waals surface area contributed by atoms with E-state index in [9.17, 15) is 13.2 Å². The largest absolute Gasteiger partial charge is 2.00 e. The summed E-state index contributed by atoms with van der Waals surface area (Å²) in [6, 6.07) is 29.9. The number of alkyl halides is 3. The molecule has 6 aromatic rings. The third-order valence-electron chi connectivity index (χ3n) is 6.63. The standard InChI is InChI=1S/C27H25BN9.C2H2F3O.Zn/c1-19-29-25(22-13-7-4-8-14-22)32-35(19)28(36-20(2)30-26(33-36)23-15-9-5-10-16-23)37-21(3)31-27(34-37)24-17-11-6-12-18-24;3-2(4,5)1-6;/h4-18,28H,1-3H3;1H2;/q2*-1;+2. The van der Waals surface area contributed by atoms with Crippen LogP contribution in [0.5, 0.6) is 0 Å². The van der Waals surface area contributed by atoms with Gasteiger partial charge in [-0.3, -0.25) is 0 Å². The monoisotopic (exact) mass is 649 g/mol. The number of hydrogen-bond donors (Lipinski definition) is 0. The first kappa shape index (κ1) is 32.4. The molecule has 0 unspecified atom stereocenters. The molecule has 3 aromatic carbocycles. The number of nitrogens with zero attached hydrogens (tertiary/aromatic N) is 9. The van der Waals surface area contributed by atoms with Gasteiger partial charge in [-0.15, -0.1) is 0 Å². The molecule has 0 saturated heterocycles. The van der Waals surface area contributed by atoms with Crippen LogP contribution in [0.3, 0.4) is 0 Å². The van der Waals surface area contributed by atoms with E-state index in [1.54, 1.807) is 0 Å². The first-order chi connectivity index (χ1) is 20.6. The van der Waals surface area contributed by atoms with Gasteiger partial charge >= 0.3 is 32.8 Å². The van der Waals surface area contributed by atoms with Crippen LogP contribution >= 0.6 is 0 Å². The zero-order valence-electron chi connectivity index (χ0n) is 24.3. The molecule has 0 aliphatic heterocycles. The van der Waals surface area contributed by atoms with Gasteiger partial charge in [-0.05, 0) is 27.4 Å². The Bertz CT molecular complexity index is 1590. The molecule has 0 bridgehead atoms. The number of benzene rings is 3. The van der Waals surface area contributed by atoms with E-state index < -0.39 is 19.9 Å². The Balaban J connectivity index is 0.000000576. The fourth-order valence-electron chi connectivity index (χ4n) is 4.57. The third kappa shape index (κ3) is 7.35. The van der Waals surface area contributed by atoms with Crippen molar-refractivity contribution in [2.75, 3.05) is 6.61 Å². The summed E-state index contributed by atoms with van der Waals surface area (Å²) in [5, 5.41) is 23.7. The van der Waals surface area contributed by atoms with Crippen LogP contribution in [-0.4, -0.2) is 63.9 Å². The van der Waals surface area contributed by atoms with E-state index in [2.05, 4.69) is 0 Å². The van der Waals surface area contributed by atoms with Gasteiger partial charge in [-0.1, -0.05) is 91.0 Å². The maximum atomic E-state index is 10.5. The number of aromatic nitrogens is 9. The van der Waals surface area contributed by atoms with Crippen molar-refractivity contribution < 1.29 is 37.8 Å². The molecule has 0 saturated carbocycles. The summed E-state index contributed by atoms with van der Waals surface area (Å²) in [4.78, 5) is 14.4. The van der Waals surface area contributed by atoms with E-state index in [-0.39, 0.29) is 19.5 Å². The third-order valence-corrected chi connectivity index (χ3v) is 6.63. The average molecular weight is 651 g/mol. The van der Waals surface area contributed by atoms with E-state index in [1.165, 1.54) is 0 Å². The van der Waals surface area contributed by atoms with E-state index >= 15 is 0 Å². The summed E-state index contributed by atoms with van der Waals surface area (Å²) in [7, 11) is -1.74. The summed E-state index contributed by atoms with van der Waals surface area (Å²) < 4.78 is 37.2. The summed E-state index contributed by atoms with van der Waals surface area (Å²) in [6.45, 7) is 3.88. The molecule has 0 amide bonds. The average Bonchev–Trinajstić information content (AvgIpc) is 3.72. The second-order valence-corrected chi connectivity index (χ2v) is 9.73. The van der Waals surface area contributed by atoms with Crippen LogP contribution in [0.15, 0.2) is 91.0 Å². The van der Waals surface area contributed by atoms with Crippen molar-refractivity contribution in [3.63, 3.8) is 0 Å². The summed E-state index contributed by atoms with van der Waals surface area (Å²) in [5.74, 6) is 4.22. The molecule has 10 nitrogen and oxygen atoms in total. The Kier molecular flexibility index (Phi) is 10.2. The summed E-state index contributed by atoms with van der Waals surface area (Å²) in [6.07, 6.45) is -4.51. The van der Waals surface area contributed by atoms with Crippen LogP contribution in [0.2, 0.25) is 0 Å². The van der Waals surface area contributed by atoms with Crippen LogP contribution in [0, 0.1) is 20.8 Å². The molecule has 3 heterocycles. The van der Waals surface area contributed by atoms with Crippen LogP contribution in [0.4, 0.5) is 13.2 Å². The predicted molar refractivity (Wildman–Crippen MR) is 155 cm³/mol. The van der Waals surface area contributed by atoms with Gasteiger partial charge in [-0.25, -0.2) is 15.0 Å². The van der Waals surface area contributed by atoms with Crippen molar-refractivity contribution in [2.45, 2.75) is 26.9 Å². The number of rotatable bonds is 6. The molecular formula is C29H27BF3N9OZn. The molecule has 220 valence electrons. The number of halogens is 3. The first-order valence-corrected chi connectivity index (χ1v) is 13.4. The molecule has 0 atom stereocenters. The normalized spacial score (nSPS) is 11.2. The van der Waals surface area contributed by atoms with Gasteiger partial charge in [0, 0.05) is 16.7 Å². The van der Waals surface area contributed by atoms with E-state index in [0.29, 0.717) is 17.5 Å². The van der Waals surface area contributed by atoms with Crippen molar-refractivity contribution in [3.05, 3.63) is 108 Å². The molecule has 15 heteroatoms. The Morgan fingerprint density at radius 3 is 1.05 bits per heavy atom. The van der Waals surface area contributed by atoms with Gasteiger partial charge in [0.15, 0.2) is 17.5 Å². The molecule has 0 radical (unpaired) electrons. The second kappa shape index (κ2) is 13.9. The maximum absolute atomic E-state index is 10.5. The van der Waals surface area contributed by atoms with Crippen molar-refractivity contribution >= 4 is 7.12 Å². The fraction of sp³-hybridized carbons (Fsp3) is 0.172. The summed E-state index contributed by atoms with van der Waals surface area (Å²) >= 11 is 0. The molecule has 0 aliphatic rings. The van der Waals surface area contributed by atoms with Gasteiger partial charge in [0.2, 0.25) is 0 Å². The van der Waals surface area contributed by atoms with Crippen molar-refractivity contribution in [3.8, 4) is 34.2 Å². The first-order valence-electron chi connectivity index (χ1n) is 13.4. The van der Waals surface area contributed by atoms with Gasteiger partial charge in [0.05, 0.1) is 17.5 Å². The van der Waals surface area contributed by atoms with E-state index in [0.717, 1.165) is 34.2 Å².